The van der Waals surface area contributed by atoms with Crippen LogP contribution < -0.4 is 26.9 Å². The molecule has 10 nitrogen and oxygen atoms in total. The number of ether oxygens (including phenoxy) is 2. The molecule has 1 unspecified atom stereocenters. The fourth-order valence-corrected chi connectivity index (χ4v) is 3.69. The monoisotopic (exact) mass is 569 g/mol. The molecular formula is C27H22ClF2N5O5. The number of hydrogen-bond donors (Lipinski definition) is 4. The zero-order valence-electron chi connectivity index (χ0n) is 20.8. The van der Waals surface area contributed by atoms with Gasteiger partial charge >= 0.3 is 5.97 Å². The van der Waals surface area contributed by atoms with E-state index in [-0.39, 0.29) is 39.3 Å². The summed E-state index contributed by atoms with van der Waals surface area (Å²) in [5.74, 6) is -3.20. The van der Waals surface area contributed by atoms with E-state index in [0.29, 0.717) is 5.56 Å². The predicted octanol–water partition coefficient (Wildman–Crippen LogP) is 4.39. The number of carbonyl (C=O) groups is 2. The van der Waals surface area contributed by atoms with Gasteiger partial charge in [0.05, 0.1) is 5.69 Å². The number of hydrogen-bond acceptors (Lipinski definition) is 8. The van der Waals surface area contributed by atoms with Crippen molar-refractivity contribution >= 4 is 35.0 Å². The zero-order chi connectivity index (χ0) is 29.0. The first kappa shape index (κ1) is 28.2. The Kier molecular flexibility index (Phi) is 8.41. The maximum Gasteiger partial charge on any atom is 0.323 e. The second-order valence-electron chi connectivity index (χ2n) is 8.50. The van der Waals surface area contributed by atoms with E-state index >= 15 is 0 Å². The highest BCUT2D eigenvalue weighted by atomic mass is 35.5. The third-order valence-corrected chi connectivity index (χ3v) is 5.95. The van der Waals surface area contributed by atoms with Crippen LogP contribution in [0.15, 0.2) is 65.7 Å². The molecule has 0 radical (unpaired) electrons. The highest BCUT2D eigenvalue weighted by Gasteiger charge is 2.22. The lowest BCUT2D eigenvalue weighted by molar-refractivity contribution is -0.146. The number of carbonyl (C=O) groups excluding carboxylic acids is 2. The van der Waals surface area contributed by atoms with E-state index in [9.17, 15) is 23.2 Å². The number of nitrogens with two attached hydrogens (primary N) is 2. The molecule has 0 bridgehead atoms. The van der Waals surface area contributed by atoms with Crippen molar-refractivity contribution in [2.45, 2.75) is 19.6 Å². The molecule has 2 heterocycles. The van der Waals surface area contributed by atoms with Crippen molar-refractivity contribution < 1.29 is 27.8 Å². The molecule has 2 aromatic heterocycles. The molecule has 6 N–H and O–H groups in total. The van der Waals surface area contributed by atoms with Crippen LogP contribution >= 0.6 is 11.6 Å². The van der Waals surface area contributed by atoms with Gasteiger partial charge < -0.3 is 31.2 Å². The van der Waals surface area contributed by atoms with Crippen LogP contribution in [0, 0.1) is 11.6 Å². The number of amides is 1. The van der Waals surface area contributed by atoms with E-state index in [1.807, 2.05) is 0 Å². The highest BCUT2D eigenvalue weighted by molar-refractivity contribution is 6.34. The Hall–Kier alpha value is -4.81. The molecule has 4 rings (SSSR count). The molecule has 4 aromatic rings. The van der Waals surface area contributed by atoms with Crippen LogP contribution in [-0.4, -0.2) is 27.9 Å². The molecule has 1 amide bonds. The van der Waals surface area contributed by atoms with Gasteiger partial charge in [0.15, 0.2) is 17.3 Å². The standard InChI is InChI=1S/C27H22ClF2N5O5/c1-13(31)27(38)39-12-19-22(24(36)17(11-34-19)14-2-4-15(29)5-3-14)26(37)35-16-6-7-20(18(30)10-16)40-21-8-9-33-25(32)23(21)28/h2-11,13H,12,31H2,1H3,(H2,32,33)(H,34,36)(H,35,37). The lowest BCUT2D eigenvalue weighted by Gasteiger charge is -2.14. The number of pyridine rings is 2. The van der Waals surface area contributed by atoms with Crippen molar-refractivity contribution in [3.05, 3.63) is 99.1 Å². The summed E-state index contributed by atoms with van der Waals surface area (Å²) in [4.78, 5) is 45.2. The molecular weight excluding hydrogens is 548 g/mol. The van der Waals surface area contributed by atoms with Gasteiger partial charge in [-0.2, -0.15) is 0 Å². The van der Waals surface area contributed by atoms with Gasteiger partial charge in [-0.05, 0) is 36.8 Å². The molecule has 206 valence electrons. The third kappa shape index (κ3) is 6.25. The topological polar surface area (TPSA) is 162 Å². The molecule has 40 heavy (non-hydrogen) atoms. The van der Waals surface area contributed by atoms with Crippen LogP contribution in [0.25, 0.3) is 11.1 Å². The fourth-order valence-electron chi connectivity index (χ4n) is 3.53. The Morgan fingerprint density at radius 1 is 1.12 bits per heavy atom. The van der Waals surface area contributed by atoms with Crippen molar-refractivity contribution in [3.63, 3.8) is 0 Å². The van der Waals surface area contributed by atoms with Crippen molar-refractivity contribution in [2.75, 3.05) is 11.1 Å². The molecule has 2 aromatic carbocycles. The minimum atomic E-state index is -0.940. The fraction of sp³-hybridized carbons (Fsp3) is 0.111. The molecule has 13 heteroatoms. The van der Waals surface area contributed by atoms with E-state index in [1.54, 1.807) is 0 Å². The van der Waals surface area contributed by atoms with Gasteiger partial charge in [-0.15, -0.1) is 0 Å². The quantitative estimate of drug-likeness (QED) is 0.227. The largest absolute Gasteiger partial charge is 0.458 e. The van der Waals surface area contributed by atoms with Gasteiger partial charge in [0.2, 0.25) is 5.43 Å². The van der Waals surface area contributed by atoms with Gasteiger partial charge in [0.1, 0.15) is 34.9 Å². The van der Waals surface area contributed by atoms with Crippen molar-refractivity contribution in [3.8, 4) is 22.6 Å². The van der Waals surface area contributed by atoms with Gasteiger partial charge in [-0.25, -0.2) is 13.8 Å². The molecule has 0 fully saturated rings. The average Bonchev–Trinajstić information content (AvgIpc) is 2.91. The number of anilines is 2. The van der Waals surface area contributed by atoms with E-state index < -0.39 is 47.2 Å². The second-order valence-corrected chi connectivity index (χ2v) is 8.88. The molecule has 0 saturated carbocycles. The maximum atomic E-state index is 14.8. The van der Waals surface area contributed by atoms with Crippen molar-refractivity contribution in [2.24, 2.45) is 5.73 Å². The number of rotatable bonds is 8. The number of esters is 1. The van der Waals surface area contributed by atoms with Crippen molar-refractivity contribution in [1.29, 1.82) is 0 Å². The first-order valence-corrected chi connectivity index (χ1v) is 12.0. The van der Waals surface area contributed by atoms with Crippen LogP contribution in [-0.2, 0) is 16.1 Å². The summed E-state index contributed by atoms with van der Waals surface area (Å²) in [5, 5.41) is 2.45. The van der Waals surface area contributed by atoms with Gasteiger partial charge in [-0.1, -0.05) is 23.7 Å². The number of nitrogen functional groups attached to an aromatic ring is 1. The summed E-state index contributed by atoms with van der Waals surface area (Å²) in [7, 11) is 0. The minimum Gasteiger partial charge on any atom is -0.458 e. The molecule has 0 aliphatic heterocycles. The van der Waals surface area contributed by atoms with Crippen molar-refractivity contribution in [1.82, 2.24) is 9.97 Å². The van der Waals surface area contributed by atoms with E-state index in [2.05, 4.69) is 15.3 Å². The number of benzene rings is 2. The summed E-state index contributed by atoms with van der Waals surface area (Å²) in [6.07, 6.45) is 2.65. The molecule has 0 spiro atoms. The summed E-state index contributed by atoms with van der Waals surface area (Å²) in [5.41, 5.74) is 10.3. The summed E-state index contributed by atoms with van der Waals surface area (Å²) in [6.45, 7) is 0.939. The lowest BCUT2D eigenvalue weighted by Crippen LogP contribution is -2.30. The van der Waals surface area contributed by atoms with E-state index in [1.165, 1.54) is 49.6 Å². The number of aromatic nitrogens is 2. The Morgan fingerprint density at radius 3 is 2.52 bits per heavy atom. The summed E-state index contributed by atoms with van der Waals surface area (Å²) < 4.78 is 38.8. The molecule has 0 aliphatic rings. The predicted molar refractivity (Wildman–Crippen MR) is 144 cm³/mol. The molecule has 0 aliphatic carbocycles. The smallest absolute Gasteiger partial charge is 0.323 e. The maximum absolute atomic E-state index is 14.8. The normalized spacial score (nSPS) is 11.5. The van der Waals surface area contributed by atoms with Gasteiger partial charge in [-0.3, -0.25) is 14.4 Å². The van der Waals surface area contributed by atoms with Gasteiger partial charge in [0.25, 0.3) is 5.91 Å². The zero-order valence-corrected chi connectivity index (χ0v) is 21.6. The Labute approximate surface area is 230 Å². The lowest BCUT2D eigenvalue weighted by atomic mass is 10.0. The number of H-pyrrole nitrogens is 1. The molecule has 1 atom stereocenters. The Bertz CT molecular complexity index is 1640. The van der Waals surface area contributed by atoms with Crippen LogP contribution in [0.1, 0.15) is 23.0 Å². The average molecular weight is 570 g/mol. The number of aromatic amines is 1. The first-order chi connectivity index (χ1) is 19.0. The number of nitrogens with zero attached hydrogens (tertiary/aromatic N) is 1. The van der Waals surface area contributed by atoms with E-state index in [0.717, 1.165) is 18.2 Å². The van der Waals surface area contributed by atoms with Crippen LogP contribution in [0.2, 0.25) is 5.02 Å². The minimum absolute atomic E-state index is 0.000971. The number of nitrogens with one attached hydrogen (secondary N) is 2. The third-order valence-electron chi connectivity index (χ3n) is 5.57. The van der Waals surface area contributed by atoms with Crippen LogP contribution in [0.3, 0.4) is 0 Å². The Morgan fingerprint density at radius 2 is 1.85 bits per heavy atom. The Balaban J connectivity index is 1.65. The SMILES string of the molecule is CC(N)C(=O)OCc1[nH]cc(-c2ccc(F)cc2)c(=O)c1C(=O)Nc1ccc(Oc2ccnc(N)c2Cl)c(F)c1. The number of halogens is 3. The highest BCUT2D eigenvalue weighted by Crippen LogP contribution is 2.34. The van der Waals surface area contributed by atoms with Crippen LogP contribution in [0.4, 0.5) is 20.3 Å². The van der Waals surface area contributed by atoms with E-state index in [4.69, 9.17) is 32.5 Å². The molecule has 0 saturated heterocycles. The summed E-state index contributed by atoms with van der Waals surface area (Å²) >= 11 is 6.04. The second kappa shape index (κ2) is 11.9. The van der Waals surface area contributed by atoms with Gasteiger partial charge in [0, 0.05) is 35.8 Å². The first-order valence-electron chi connectivity index (χ1n) is 11.7. The van der Waals surface area contributed by atoms with Crippen LogP contribution in [0.5, 0.6) is 11.5 Å². The summed E-state index contributed by atoms with van der Waals surface area (Å²) in [6, 6.07) is 9.06.